The number of hydrogen-bond acceptors (Lipinski definition) is 5. The number of likely N-dealkylation sites (tertiary alicyclic amines) is 1. The molecule has 2 heterocycles. The first-order chi connectivity index (χ1) is 9.60. The molecule has 1 aliphatic heterocycles. The minimum Gasteiger partial charge on any atom is -0.396 e. The van der Waals surface area contributed by atoms with E-state index in [0.29, 0.717) is 17.5 Å². The Kier molecular flexibility index (Phi) is 4.79. The molecular weight excluding hydrogens is 254 g/mol. The standard InChI is InChI=1S/C14H23N5O/c1-2-7-19-8-5-10(6-9-19)17-14-11(15)3-4-12(18-14)13(16)20/h3-4,10H,2,5-9,15H2,1H3,(H2,16,20)(H,17,18). The quantitative estimate of drug-likeness (QED) is 0.747. The van der Waals surface area contributed by atoms with Crippen LogP contribution in [0.5, 0.6) is 0 Å². The number of nitrogen functional groups attached to an aromatic ring is 1. The lowest BCUT2D eigenvalue weighted by atomic mass is 10.0. The summed E-state index contributed by atoms with van der Waals surface area (Å²) in [4.78, 5) is 17.8. The van der Waals surface area contributed by atoms with Crippen molar-refractivity contribution in [2.45, 2.75) is 32.2 Å². The van der Waals surface area contributed by atoms with E-state index in [9.17, 15) is 4.79 Å². The molecule has 6 heteroatoms. The topological polar surface area (TPSA) is 97.3 Å². The summed E-state index contributed by atoms with van der Waals surface area (Å²) in [6, 6.07) is 3.56. The predicted octanol–water partition coefficient (Wildman–Crippen LogP) is 1.05. The number of anilines is 2. The van der Waals surface area contributed by atoms with E-state index in [0.717, 1.165) is 32.5 Å². The Morgan fingerprint density at radius 1 is 1.45 bits per heavy atom. The molecule has 1 amide bonds. The number of hydrogen-bond donors (Lipinski definition) is 3. The van der Waals surface area contributed by atoms with Crippen molar-refractivity contribution < 1.29 is 4.79 Å². The highest BCUT2D eigenvalue weighted by Crippen LogP contribution is 2.20. The number of rotatable bonds is 5. The molecular formula is C14H23N5O. The second-order valence-corrected chi connectivity index (χ2v) is 5.26. The van der Waals surface area contributed by atoms with E-state index in [-0.39, 0.29) is 5.69 Å². The molecule has 1 aromatic rings. The Labute approximate surface area is 119 Å². The van der Waals surface area contributed by atoms with E-state index in [1.54, 1.807) is 12.1 Å². The summed E-state index contributed by atoms with van der Waals surface area (Å²) in [5.74, 6) is 0.0288. The second-order valence-electron chi connectivity index (χ2n) is 5.26. The van der Waals surface area contributed by atoms with E-state index in [1.807, 2.05) is 0 Å². The lowest BCUT2D eigenvalue weighted by Gasteiger charge is -2.32. The van der Waals surface area contributed by atoms with Gasteiger partial charge in [0.15, 0.2) is 0 Å². The van der Waals surface area contributed by atoms with Crippen molar-refractivity contribution in [2.24, 2.45) is 5.73 Å². The van der Waals surface area contributed by atoms with Crippen molar-refractivity contribution in [3.63, 3.8) is 0 Å². The maximum absolute atomic E-state index is 11.2. The van der Waals surface area contributed by atoms with Crippen LogP contribution in [0.3, 0.4) is 0 Å². The van der Waals surface area contributed by atoms with Crippen LogP contribution in [0.25, 0.3) is 0 Å². The second kappa shape index (κ2) is 6.56. The fourth-order valence-corrected chi connectivity index (χ4v) is 2.53. The zero-order chi connectivity index (χ0) is 14.5. The number of nitrogens with two attached hydrogens (primary N) is 2. The molecule has 5 N–H and O–H groups in total. The first kappa shape index (κ1) is 14.6. The first-order valence-electron chi connectivity index (χ1n) is 7.15. The average Bonchev–Trinajstić information content (AvgIpc) is 2.43. The van der Waals surface area contributed by atoms with Crippen LogP contribution in [-0.4, -0.2) is 41.5 Å². The van der Waals surface area contributed by atoms with Crippen molar-refractivity contribution in [3.8, 4) is 0 Å². The van der Waals surface area contributed by atoms with Crippen LogP contribution in [0, 0.1) is 0 Å². The van der Waals surface area contributed by atoms with E-state index >= 15 is 0 Å². The third kappa shape index (κ3) is 3.60. The van der Waals surface area contributed by atoms with Gasteiger partial charge in [-0.05, 0) is 37.9 Å². The van der Waals surface area contributed by atoms with Gasteiger partial charge in [0.25, 0.3) is 5.91 Å². The van der Waals surface area contributed by atoms with Crippen LogP contribution in [0.4, 0.5) is 11.5 Å². The van der Waals surface area contributed by atoms with E-state index in [4.69, 9.17) is 11.5 Å². The highest BCUT2D eigenvalue weighted by molar-refractivity contribution is 5.91. The SMILES string of the molecule is CCCN1CCC(Nc2nc(C(N)=O)ccc2N)CC1. The lowest BCUT2D eigenvalue weighted by molar-refractivity contribution is 0.0995. The van der Waals surface area contributed by atoms with E-state index in [1.165, 1.54) is 6.42 Å². The van der Waals surface area contributed by atoms with Gasteiger partial charge in [0.2, 0.25) is 0 Å². The number of pyridine rings is 1. The van der Waals surface area contributed by atoms with Gasteiger partial charge in [-0.15, -0.1) is 0 Å². The maximum atomic E-state index is 11.2. The largest absolute Gasteiger partial charge is 0.396 e. The molecule has 1 aromatic heterocycles. The van der Waals surface area contributed by atoms with Crippen molar-refractivity contribution in [2.75, 3.05) is 30.7 Å². The Balaban J connectivity index is 1.97. The molecule has 0 unspecified atom stereocenters. The van der Waals surface area contributed by atoms with Gasteiger partial charge in [-0.1, -0.05) is 6.92 Å². The molecule has 0 spiro atoms. The fourth-order valence-electron chi connectivity index (χ4n) is 2.53. The smallest absolute Gasteiger partial charge is 0.267 e. The van der Waals surface area contributed by atoms with Gasteiger partial charge < -0.3 is 21.7 Å². The molecule has 1 saturated heterocycles. The minimum absolute atomic E-state index is 0.241. The molecule has 0 bridgehead atoms. The van der Waals surface area contributed by atoms with Crippen molar-refractivity contribution >= 4 is 17.4 Å². The third-order valence-corrected chi connectivity index (χ3v) is 3.65. The van der Waals surface area contributed by atoms with Crippen LogP contribution in [0.2, 0.25) is 0 Å². The van der Waals surface area contributed by atoms with Crippen molar-refractivity contribution in [3.05, 3.63) is 17.8 Å². The fraction of sp³-hybridized carbons (Fsp3) is 0.571. The van der Waals surface area contributed by atoms with Gasteiger partial charge >= 0.3 is 0 Å². The molecule has 110 valence electrons. The van der Waals surface area contributed by atoms with Crippen LogP contribution in [0.1, 0.15) is 36.7 Å². The summed E-state index contributed by atoms with van der Waals surface area (Å²) in [5, 5.41) is 3.34. The predicted molar refractivity (Wildman–Crippen MR) is 80.5 cm³/mol. The molecule has 2 rings (SSSR count). The number of nitrogens with zero attached hydrogens (tertiary/aromatic N) is 2. The molecule has 0 aromatic carbocycles. The molecule has 0 radical (unpaired) electrons. The maximum Gasteiger partial charge on any atom is 0.267 e. The summed E-state index contributed by atoms with van der Waals surface area (Å²) in [6.07, 6.45) is 3.30. The molecule has 0 saturated carbocycles. The molecule has 0 aliphatic carbocycles. The number of aromatic nitrogens is 1. The van der Waals surface area contributed by atoms with E-state index in [2.05, 4.69) is 22.1 Å². The summed E-state index contributed by atoms with van der Waals surface area (Å²) in [6.45, 7) is 5.52. The Morgan fingerprint density at radius 3 is 2.75 bits per heavy atom. The van der Waals surface area contributed by atoms with Gasteiger partial charge in [0.05, 0.1) is 5.69 Å². The van der Waals surface area contributed by atoms with Gasteiger partial charge in [-0.25, -0.2) is 4.98 Å². The zero-order valence-corrected chi connectivity index (χ0v) is 11.9. The number of primary amides is 1. The summed E-state index contributed by atoms with van der Waals surface area (Å²) in [5.41, 5.74) is 11.9. The summed E-state index contributed by atoms with van der Waals surface area (Å²) in [7, 11) is 0. The molecule has 20 heavy (non-hydrogen) atoms. The van der Waals surface area contributed by atoms with Crippen LogP contribution in [-0.2, 0) is 0 Å². The van der Waals surface area contributed by atoms with Gasteiger partial charge in [-0.2, -0.15) is 0 Å². The average molecular weight is 277 g/mol. The van der Waals surface area contributed by atoms with Crippen LogP contribution < -0.4 is 16.8 Å². The monoisotopic (exact) mass is 277 g/mol. The summed E-state index contributed by atoms with van der Waals surface area (Å²) >= 11 is 0. The molecule has 1 aliphatic rings. The number of nitrogens with one attached hydrogen (secondary N) is 1. The van der Waals surface area contributed by atoms with Gasteiger partial charge in [0, 0.05) is 19.1 Å². The normalized spacial score (nSPS) is 17.1. The third-order valence-electron chi connectivity index (χ3n) is 3.65. The Bertz CT molecular complexity index is 469. The highest BCUT2D eigenvalue weighted by atomic mass is 16.1. The number of carbonyl (C=O) groups excluding carboxylic acids is 1. The lowest BCUT2D eigenvalue weighted by Crippen LogP contribution is -2.39. The highest BCUT2D eigenvalue weighted by Gasteiger charge is 2.19. The Hall–Kier alpha value is -1.82. The summed E-state index contributed by atoms with van der Waals surface area (Å²) < 4.78 is 0. The molecule has 0 atom stereocenters. The van der Waals surface area contributed by atoms with Crippen LogP contribution >= 0.6 is 0 Å². The minimum atomic E-state index is -0.536. The first-order valence-corrected chi connectivity index (χ1v) is 7.15. The number of amides is 1. The zero-order valence-electron chi connectivity index (χ0n) is 11.9. The number of piperidine rings is 1. The van der Waals surface area contributed by atoms with Crippen molar-refractivity contribution in [1.82, 2.24) is 9.88 Å². The van der Waals surface area contributed by atoms with Gasteiger partial charge in [0.1, 0.15) is 11.5 Å². The molecule has 1 fully saturated rings. The Morgan fingerprint density at radius 2 is 2.15 bits per heavy atom. The van der Waals surface area contributed by atoms with E-state index < -0.39 is 5.91 Å². The number of carbonyl (C=O) groups is 1. The molecule has 6 nitrogen and oxygen atoms in total. The van der Waals surface area contributed by atoms with Gasteiger partial charge in [-0.3, -0.25) is 4.79 Å². The van der Waals surface area contributed by atoms with Crippen LogP contribution in [0.15, 0.2) is 12.1 Å². The van der Waals surface area contributed by atoms with Crippen molar-refractivity contribution in [1.29, 1.82) is 0 Å².